The molecule has 1 N–H and O–H groups in total. The maximum atomic E-state index is 12.5. The van der Waals surface area contributed by atoms with E-state index < -0.39 is 0 Å². The van der Waals surface area contributed by atoms with Gasteiger partial charge in [0.15, 0.2) is 0 Å². The molecular weight excluding hydrogens is 308 g/mol. The highest BCUT2D eigenvalue weighted by Crippen LogP contribution is 2.25. The molecule has 4 nitrogen and oxygen atoms in total. The molecule has 0 radical (unpaired) electrons. The van der Waals surface area contributed by atoms with Crippen molar-refractivity contribution in [3.05, 3.63) is 22.4 Å². The Labute approximate surface area is 142 Å². The summed E-state index contributed by atoms with van der Waals surface area (Å²) in [6.45, 7) is 3.62. The number of hydrogen-bond donors (Lipinski definition) is 1. The van der Waals surface area contributed by atoms with Crippen LogP contribution in [0.3, 0.4) is 0 Å². The van der Waals surface area contributed by atoms with Crippen LogP contribution in [-0.2, 0) is 4.79 Å². The molecule has 126 valence electrons. The van der Waals surface area contributed by atoms with Gasteiger partial charge < -0.3 is 10.2 Å². The fraction of sp³-hybridized carbons (Fsp3) is 0.667. The largest absolute Gasteiger partial charge is 0.353 e. The summed E-state index contributed by atoms with van der Waals surface area (Å²) in [5, 5.41) is 5.20. The van der Waals surface area contributed by atoms with Crippen LogP contribution in [0.5, 0.6) is 0 Å². The second kappa shape index (κ2) is 7.47. The second-order valence-electron chi connectivity index (χ2n) is 6.92. The number of hydrogen-bond acceptors (Lipinski definition) is 3. The van der Waals surface area contributed by atoms with E-state index in [1.807, 2.05) is 22.4 Å². The minimum Gasteiger partial charge on any atom is -0.353 e. The molecule has 0 spiro atoms. The Morgan fingerprint density at radius 1 is 1.17 bits per heavy atom. The molecule has 2 aliphatic rings. The van der Waals surface area contributed by atoms with Crippen LogP contribution in [0.2, 0.25) is 0 Å². The molecular formula is C18H26N2O2S. The number of carbonyl (C=O) groups is 2. The van der Waals surface area contributed by atoms with E-state index in [0.717, 1.165) is 24.1 Å². The van der Waals surface area contributed by atoms with Gasteiger partial charge in [0.1, 0.15) is 0 Å². The minimum atomic E-state index is 0.0662. The van der Waals surface area contributed by atoms with Crippen LogP contribution in [-0.4, -0.2) is 35.8 Å². The van der Waals surface area contributed by atoms with Gasteiger partial charge in [-0.3, -0.25) is 9.59 Å². The predicted molar refractivity (Wildman–Crippen MR) is 92.5 cm³/mol. The lowest BCUT2D eigenvalue weighted by molar-refractivity contribution is -0.127. The monoisotopic (exact) mass is 334 g/mol. The molecule has 2 atom stereocenters. The van der Waals surface area contributed by atoms with Gasteiger partial charge in [-0.2, -0.15) is 0 Å². The van der Waals surface area contributed by atoms with Crippen LogP contribution < -0.4 is 5.32 Å². The van der Waals surface area contributed by atoms with E-state index in [0.29, 0.717) is 25.0 Å². The van der Waals surface area contributed by atoms with Gasteiger partial charge in [0.2, 0.25) is 5.91 Å². The number of likely N-dealkylation sites (tertiary alicyclic amines) is 1. The zero-order valence-electron chi connectivity index (χ0n) is 13.8. The van der Waals surface area contributed by atoms with Crippen molar-refractivity contribution in [2.24, 2.45) is 11.8 Å². The summed E-state index contributed by atoms with van der Waals surface area (Å²) >= 11 is 1.48. The van der Waals surface area contributed by atoms with Crippen molar-refractivity contribution in [2.45, 2.75) is 51.5 Å². The van der Waals surface area contributed by atoms with Gasteiger partial charge in [0.05, 0.1) is 4.88 Å². The molecule has 1 aromatic heterocycles. The summed E-state index contributed by atoms with van der Waals surface area (Å²) < 4.78 is 0. The van der Waals surface area contributed by atoms with Crippen LogP contribution in [0.25, 0.3) is 0 Å². The van der Waals surface area contributed by atoms with Crippen LogP contribution in [0, 0.1) is 11.8 Å². The van der Waals surface area contributed by atoms with Gasteiger partial charge in [-0.15, -0.1) is 11.3 Å². The van der Waals surface area contributed by atoms with Crippen molar-refractivity contribution in [1.29, 1.82) is 0 Å². The first kappa shape index (κ1) is 16.5. The molecule has 2 heterocycles. The van der Waals surface area contributed by atoms with Gasteiger partial charge in [0.25, 0.3) is 5.91 Å². The molecule has 0 bridgehead atoms. The zero-order chi connectivity index (χ0) is 16.2. The normalized spacial score (nSPS) is 26.0. The number of nitrogens with one attached hydrogen (secondary N) is 1. The number of nitrogens with zero attached hydrogens (tertiary/aromatic N) is 1. The summed E-state index contributed by atoms with van der Waals surface area (Å²) in [5.74, 6) is 0.969. The maximum Gasteiger partial charge on any atom is 0.263 e. The maximum absolute atomic E-state index is 12.5. The SMILES string of the molecule is CC1CCCCC1NC(=O)C1CCN(C(=O)c2cccs2)CC1. The molecule has 1 saturated heterocycles. The summed E-state index contributed by atoms with van der Waals surface area (Å²) in [6, 6.07) is 4.13. The molecule has 1 aliphatic heterocycles. The number of rotatable bonds is 3. The Morgan fingerprint density at radius 2 is 1.91 bits per heavy atom. The number of thiophene rings is 1. The van der Waals surface area contributed by atoms with Crippen molar-refractivity contribution >= 4 is 23.2 Å². The lowest BCUT2D eigenvalue weighted by Gasteiger charge is -2.34. The predicted octanol–water partition coefficient (Wildman–Crippen LogP) is 3.30. The average molecular weight is 334 g/mol. The van der Waals surface area contributed by atoms with E-state index >= 15 is 0 Å². The fourth-order valence-corrected chi connectivity index (χ4v) is 4.42. The van der Waals surface area contributed by atoms with E-state index in [2.05, 4.69) is 12.2 Å². The van der Waals surface area contributed by atoms with Crippen LogP contribution in [0.15, 0.2) is 17.5 Å². The third kappa shape index (κ3) is 3.94. The van der Waals surface area contributed by atoms with Crippen molar-refractivity contribution in [2.75, 3.05) is 13.1 Å². The molecule has 2 amide bonds. The highest BCUT2D eigenvalue weighted by atomic mass is 32.1. The van der Waals surface area contributed by atoms with Gasteiger partial charge in [-0.05, 0) is 43.0 Å². The van der Waals surface area contributed by atoms with Gasteiger partial charge in [0, 0.05) is 25.0 Å². The summed E-state index contributed by atoms with van der Waals surface area (Å²) in [4.78, 5) is 27.5. The zero-order valence-corrected chi connectivity index (χ0v) is 14.6. The second-order valence-corrected chi connectivity index (χ2v) is 7.87. The van der Waals surface area contributed by atoms with Crippen molar-refractivity contribution in [3.8, 4) is 0 Å². The third-order valence-corrected chi connectivity index (χ3v) is 6.18. The topological polar surface area (TPSA) is 49.4 Å². The molecule has 23 heavy (non-hydrogen) atoms. The first-order valence-electron chi connectivity index (χ1n) is 8.78. The van der Waals surface area contributed by atoms with Gasteiger partial charge in [-0.25, -0.2) is 0 Å². The minimum absolute atomic E-state index is 0.0662. The summed E-state index contributed by atoms with van der Waals surface area (Å²) in [6.07, 6.45) is 6.41. The highest BCUT2D eigenvalue weighted by molar-refractivity contribution is 7.12. The first-order valence-corrected chi connectivity index (χ1v) is 9.66. The van der Waals surface area contributed by atoms with E-state index in [4.69, 9.17) is 0 Å². The number of amides is 2. The molecule has 3 rings (SSSR count). The molecule has 2 fully saturated rings. The Morgan fingerprint density at radius 3 is 2.57 bits per heavy atom. The van der Waals surface area contributed by atoms with E-state index in [1.165, 1.54) is 30.6 Å². The average Bonchev–Trinajstić information content (AvgIpc) is 3.11. The van der Waals surface area contributed by atoms with Crippen molar-refractivity contribution in [3.63, 3.8) is 0 Å². The fourth-order valence-electron chi connectivity index (χ4n) is 3.73. The molecule has 2 unspecified atom stereocenters. The Bertz CT molecular complexity index is 535. The van der Waals surface area contributed by atoms with Crippen LogP contribution in [0.4, 0.5) is 0 Å². The Balaban J connectivity index is 1.48. The lowest BCUT2D eigenvalue weighted by atomic mass is 9.85. The quantitative estimate of drug-likeness (QED) is 0.922. The van der Waals surface area contributed by atoms with Crippen LogP contribution in [0.1, 0.15) is 55.1 Å². The Kier molecular flexibility index (Phi) is 5.36. The summed E-state index contributed by atoms with van der Waals surface area (Å²) in [5.41, 5.74) is 0. The first-order chi connectivity index (χ1) is 11.1. The summed E-state index contributed by atoms with van der Waals surface area (Å²) in [7, 11) is 0. The number of piperidine rings is 1. The van der Waals surface area contributed by atoms with E-state index in [-0.39, 0.29) is 17.7 Å². The molecule has 1 aromatic rings. The molecule has 0 aromatic carbocycles. The molecule has 1 aliphatic carbocycles. The van der Waals surface area contributed by atoms with Gasteiger partial charge in [-0.1, -0.05) is 25.8 Å². The molecule has 5 heteroatoms. The third-order valence-electron chi connectivity index (χ3n) is 5.32. The Hall–Kier alpha value is -1.36. The van der Waals surface area contributed by atoms with Crippen LogP contribution >= 0.6 is 11.3 Å². The van der Waals surface area contributed by atoms with Crippen molar-refractivity contribution in [1.82, 2.24) is 10.2 Å². The van der Waals surface area contributed by atoms with Gasteiger partial charge >= 0.3 is 0 Å². The van der Waals surface area contributed by atoms with E-state index in [1.54, 1.807) is 0 Å². The van der Waals surface area contributed by atoms with E-state index in [9.17, 15) is 9.59 Å². The number of carbonyl (C=O) groups excluding carboxylic acids is 2. The highest BCUT2D eigenvalue weighted by Gasteiger charge is 2.30. The standard InChI is InChI=1S/C18H26N2O2S/c1-13-5-2-3-6-15(13)19-17(21)14-8-10-20(11-9-14)18(22)16-7-4-12-23-16/h4,7,12-15H,2-3,5-6,8-11H2,1H3,(H,19,21). The lowest BCUT2D eigenvalue weighted by Crippen LogP contribution is -2.47. The molecule has 1 saturated carbocycles. The van der Waals surface area contributed by atoms with Crippen molar-refractivity contribution < 1.29 is 9.59 Å². The smallest absolute Gasteiger partial charge is 0.263 e.